The summed E-state index contributed by atoms with van der Waals surface area (Å²) < 4.78 is 5.22. The van der Waals surface area contributed by atoms with E-state index in [-0.39, 0.29) is 5.91 Å². The quantitative estimate of drug-likeness (QED) is 0.751. The van der Waals surface area contributed by atoms with Crippen molar-refractivity contribution in [3.63, 3.8) is 0 Å². The summed E-state index contributed by atoms with van der Waals surface area (Å²) in [5.41, 5.74) is 3.37. The second kappa shape index (κ2) is 7.72. The molecule has 1 N–H and O–H groups in total. The Kier molecular flexibility index (Phi) is 4.97. The van der Waals surface area contributed by atoms with E-state index in [1.807, 2.05) is 17.0 Å². The molecule has 4 rings (SSSR count). The maximum atomic E-state index is 12.4. The number of piperazine rings is 1. The van der Waals surface area contributed by atoms with Gasteiger partial charge in [-0.25, -0.2) is 4.98 Å². The lowest BCUT2D eigenvalue weighted by molar-refractivity contribution is 0.0714. The van der Waals surface area contributed by atoms with Gasteiger partial charge in [0.25, 0.3) is 5.91 Å². The van der Waals surface area contributed by atoms with Crippen molar-refractivity contribution in [2.75, 3.05) is 36.4 Å². The lowest BCUT2D eigenvalue weighted by Gasteiger charge is -2.35. The summed E-state index contributed by atoms with van der Waals surface area (Å²) in [5.74, 6) is 1.74. The van der Waals surface area contributed by atoms with Crippen molar-refractivity contribution >= 4 is 23.4 Å². The first-order valence-corrected chi connectivity index (χ1v) is 9.35. The van der Waals surface area contributed by atoms with E-state index in [2.05, 4.69) is 46.2 Å². The molecule has 1 amide bonds. The van der Waals surface area contributed by atoms with Gasteiger partial charge in [0.2, 0.25) is 5.95 Å². The van der Waals surface area contributed by atoms with Crippen molar-refractivity contribution in [2.24, 2.45) is 0 Å². The van der Waals surface area contributed by atoms with Crippen LogP contribution in [0, 0.1) is 13.8 Å². The number of rotatable bonds is 4. The van der Waals surface area contributed by atoms with Crippen molar-refractivity contribution in [2.45, 2.75) is 13.8 Å². The Morgan fingerprint density at radius 1 is 1.11 bits per heavy atom. The van der Waals surface area contributed by atoms with Gasteiger partial charge in [-0.15, -0.1) is 0 Å². The summed E-state index contributed by atoms with van der Waals surface area (Å²) in [6.45, 7) is 6.82. The molecule has 0 unspecified atom stereocenters. The van der Waals surface area contributed by atoms with Crippen LogP contribution in [0.1, 0.15) is 21.7 Å². The molecule has 0 atom stereocenters. The molecule has 1 aliphatic heterocycles. The van der Waals surface area contributed by atoms with Crippen LogP contribution >= 0.6 is 0 Å². The fraction of sp³-hybridized carbons (Fsp3) is 0.286. The topological polar surface area (TPSA) is 74.5 Å². The highest BCUT2D eigenvalue weighted by Gasteiger charge is 2.24. The summed E-state index contributed by atoms with van der Waals surface area (Å²) in [6.07, 6.45) is 3.28. The van der Waals surface area contributed by atoms with Crippen LogP contribution in [0.4, 0.5) is 17.5 Å². The third-order valence-corrected chi connectivity index (χ3v) is 4.89. The average Bonchev–Trinajstić information content (AvgIpc) is 3.25. The molecule has 144 valence electrons. The van der Waals surface area contributed by atoms with Gasteiger partial charge in [-0.2, -0.15) is 4.98 Å². The second-order valence-corrected chi connectivity index (χ2v) is 6.94. The number of hydrogen-bond acceptors (Lipinski definition) is 6. The zero-order valence-corrected chi connectivity index (χ0v) is 16.1. The number of nitrogens with zero attached hydrogens (tertiary/aromatic N) is 4. The molecule has 7 heteroatoms. The van der Waals surface area contributed by atoms with Crippen molar-refractivity contribution in [1.82, 2.24) is 14.9 Å². The molecule has 0 radical (unpaired) electrons. The molecule has 1 aromatic carbocycles. The van der Waals surface area contributed by atoms with E-state index in [4.69, 9.17) is 4.42 Å². The van der Waals surface area contributed by atoms with Crippen LogP contribution in [0.5, 0.6) is 0 Å². The summed E-state index contributed by atoms with van der Waals surface area (Å²) in [4.78, 5) is 25.4. The fourth-order valence-corrected chi connectivity index (χ4v) is 3.35. The Hall–Kier alpha value is -3.35. The van der Waals surface area contributed by atoms with Crippen LogP contribution in [-0.2, 0) is 0 Å². The average molecular weight is 377 g/mol. The lowest BCUT2D eigenvalue weighted by Crippen LogP contribution is -2.49. The molecule has 3 aromatic rings. The van der Waals surface area contributed by atoms with Gasteiger partial charge in [0.15, 0.2) is 5.76 Å². The summed E-state index contributed by atoms with van der Waals surface area (Å²) >= 11 is 0. The number of amides is 1. The van der Waals surface area contributed by atoms with E-state index < -0.39 is 0 Å². The molecule has 28 heavy (non-hydrogen) atoms. The van der Waals surface area contributed by atoms with E-state index in [1.165, 1.54) is 11.8 Å². The van der Waals surface area contributed by atoms with Crippen molar-refractivity contribution in [3.05, 3.63) is 65.7 Å². The molecule has 7 nitrogen and oxygen atoms in total. The number of benzene rings is 1. The second-order valence-electron chi connectivity index (χ2n) is 6.94. The molecule has 1 saturated heterocycles. The predicted molar refractivity (Wildman–Crippen MR) is 108 cm³/mol. The van der Waals surface area contributed by atoms with Crippen molar-refractivity contribution in [1.29, 1.82) is 0 Å². The molecule has 2 aromatic heterocycles. The normalized spacial score (nSPS) is 14.2. The van der Waals surface area contributed by atoms with E-state index in [1.54, 1.807) is 18.3 Å². The molecule has 0 bridgehead atoms. The van der Waals surface area contributed by atoms with Gasteiger partial charge in [-0.1, -0.05) is 17.7 Å². The SMILES string of the molecule is Cc1ccc(Nc2nccc(N3CCN(C(=O)c4ccco4)CC3)n2)c(C)c1. The standard InChI is InChI=1S/C21H23N5O2/c1-15-5-6-17(16(2)14-15)23-21-22-8-7-19(24-21)25-9-11-26(12-10-25)20(27)18-4-3-13-28-18/h3-8,13-14H,9-12H2,1-2H3,(H,22,23,24). The highest BCUT2D eigenvalue weighted by molar-refractivity contribution is 5.91. The Bertz CT molecular complexity index is 963. The third-order valence-electron chi connectivity index (χ3n) is 4.89. The van der Waals surface area contributed by atoms with Gasteiger partial charge >= 0.3 is 0 Å². The largest absolute Gasteiger partial charge is 0.459 e. The number of hydrogen-bond donors (Lipinski definition) is 1. The summed E-state index contributed by atoms with van der Waals surface area (Å²) in [6, 6.07) is 11.6. The van der Waals surface area contributed by atoms with Crippen LogP contribution in [0.2, 0.25) is 0 Å². The zero-order valence-electron chi connectivity index (χ0n) is 16.1. The van der Waals surface area contributed by atoms with Gasteiger partial charge in [-0.3, -0.25) is 4.79 Å². The molecular weight excluding hydrogens is 354 g/mol. The number of aryl methyl sites for hydroxylation is 2. The monoisotopic (exact) mass is 377 g/mol. The van der Waals surface area contributed by atoms with E-state index >= 15 is 0 Å². The molecule has 0 aliphatic carbocycles. The minimum absolute atomic E-state index is 0.0652. The van der Waals surface area contributed by atoms with Crippen molar-refractivity contribution in [3.8, 4) is 0 Å². The van der Waals surface area contributed by atoms with E-state index in [0.717, 1.165) is 17.1 Å². The smallest absolute Gasteiger partial charge is 0.289 e. The van der Waals surface area contributed by atoms with Crippen LogP contribution < -0.4 is 10.2 Å². The van der Waals surface area contributed by atoms with Crippen LogP contribution in [0.3, 0.4) is 0 Å². The summed E-state index contributed by atoms with van der Waals surface area (Å²) in [5, 5.41) is 3.30. The summed E-state index contributed by atoms with van der Waals surface area (Å²) in [7, 11) is 0. The fourth-order valence-electron chi connectivity index (χ4n) is 3.35. The van der Waals surface area contributed by atoms with Crippen LogP contribution in [-0.4, -0.2) is 47.0 Å². The third kappa shape index (κ3) is 3.83. The number of carbonyl (C=O) groups is 1. The number of furan rings is 1. The van der Waals surface area contributed by atoms with Gasteiger partial charge in [-0.05, 0) is 43.7 Å². The molecule has 0 spiro atoms. The Morgan fingerprint density at radius 2 is 1.93 bits per heavy atom. The van der Waals surface area contributed by atoms with Gasteiger partial charge in [0, 0.05) is 38.1 Å². The number of carbonyl (C=O) groups excluding carboxylic acids is 1. The molecule has 3 heterocycles. The molecule has 1 fully saturated rings. The van der Waals surface area contributed by atoms with E-state index in [0.29, 0.717) is 37.9 Å². The number of aromatic nitrogens is 2. The highest BCUT2D eigenvalue weighted by atomic mass is 16.3. The van der Waals surface area contributed by atoms with Gasteiger partial charge < -0.3 is 19.5 Å². The number of nitrogens with one attached hydrogen (secondary N) is 1. The molecular formula is C21H23N5O2. The van der Waals surface area contributed by atoms with E-state index in [9.17, 15) is 4.79 Å². The Labute approximate surface area is 164 Å². The zero-order chi connectivity index (χ0) is 19.5. The molecule has 0 saturated carbocycles. The van der Waals surface area contributed by atoms with Crippen LogP contribution in [0.25, 0.3) is 0 Å². The first kappa shape index (κ1) is 18.0. The van der Waals surface area contributed by atoms with Gasteiger partial charge in [0.05, 0.1) is 6.26 Å². The van der Waals surface area contributed by atoms with Gasteiger partial charge in [0.1, 0.15) is 5.82 Å². The highest BCUT2D eigenvalue weighted by Crippen LogP contribution is 2.21. The first-order chi connectivity index (χ1) is 13.6. The first-order valence-electron chi connectivity index (χ1n) is 9.35. The molecule has 1 aliphatic rings. The van der Waals surface area contributed by atoms with Crippen molar-refractivity contribution < 1.29 is 9.21 Å². The number of anilines is 3. The minimum Gasteiger partial charge on any atom is -0.459 e. The van der Waals surface area contributed by atoms with Crippen LogP contribution in [0.15, 0.2) is 53.3 Å². The maximum absolute atomic E-state index is 12.4. The Balaban J connectivity index is 1.42. The lowest BCUT2D eigenvalue weighted by atomic mass is 10.1. The minimum atomic E-state index is -0.0652. The predicted octanol–water partition coefficient (Wildman–Crippen LogP) is 3.39. The Morgan fingerprint density at radius 3 is 2.64 bits per heavy atom. The maximum Gasteiger partial charge on any atom is 0.289 e.